The zero-order valence-electron chi connectivity index (χ0n) is 10.1. The molecule has 6 heteroatoms. The molecule has 2 N–H and O–H groups in total. The molecular weight excluding hydrogens is 280 g/mol. The Kier molecular flexibility index (Phi) is 2.84. The van der Waals surface area contributed by atoms with Gasteiger partial charge in [0, 0.05) is 16.5 Å². The monoisotopic (exact) mass is 288 g/mol. The average Bonchev–Trinajstić information content (AvgIpc) is 2.84. The Bertz CT molecular complexity index is 862. The van der Waals surface area contributed by atoms with E-state index in [1.54, 1.807) is 30.3 Å². The molecule has 0 aliphatic heterocycles. The molecule has 0 unspecified atom stereocenters. The van der Waals surface area contributed by atoms with Crippen LogP contribution in [0.1, 0.15) is 10.5 Å². The minimum Gasteiger partial charge on any atom is -0.477 e. The zero-order chi connectivity index (χ0) is 14.3. The fourth-order valence-electron chi connectivity index (χ4n) is 2.08. The predicted molar refractivity (Wildman–Crippen MR) is 75.9 cm³/mol. The van der Waals surface area contributed by atoms with Crippen LogP contribution in [-0.4, -0.2) is 20.6 Å². The van der Waals surface area contributed by atoms with E-state index in [1.165, 1.54) is 16.7 Å². The number of hydrogen-bond acceptors (Lipinski definition) is 2. The Labute approximate surface area is 118 Å². The number of nitrogens with zero attached hydrogens (tertiary/aromatic N) is 1. The fraction of sp³-hybridized carbons (Fsp3) is 0. The van der Waals surface area contributed by atoms with Crippen molar-refractivity contribution in [3.8, 4) is 5.69 Å². The van der Waals surface area contributed by atoms with E-state index in [4.69, 9.17) is 16.7 Å². The summed E-state index contributed by atoms with van der Waals surface area (Å²) in [4.78, 5) is 25.8. The van der Waals surface area contributed by atoms with Gasteiger partial charge in [-0.15, -0.1) is 0 Å². The van der Waals surface area contributed by atoms with Crippen molar-refractivity contribution < 1.29 is 9.90 Å². The average molecular weight is 289 g/mol. The molecular formula is C14H9ClN2O3. The Morgan fingerprint density at radius 2 is 1.85 bits per heavy atom. The van der Waals surface area contributed by atoms with Crippen LogP contribution in [0.5, 0.6) is 0 Å². The van der Waals surface area contributed by atoms with Gasteiger partial charge in [0.15, 0.2) is 0 Å². The number of hydrogen-bond donors (Lipinski definition) is 2. The van der Waals surface area contributed by atoms with Crippen molar-refractivity contribution in [1.82, 2.24) is 9.55 Å². The molecule has 0 atom stereocenters. The first kappa shape index (κ1) is 12.5. The number of H-pyrrole nitrogens is 1. The van der Waals surface area contributed by atoms with E-state index < -0.39 is 5.97 Å². The molecule has 3 rings (SSSR count). The predicted octanol–water partition coefficient (Wildman–Crippen LogP) is 2.67. The first-order chi connectivity index (χ1) is 9.56. The minimum atomic E-state index is -1.07. The molecule has 3 aromatic rings. The zero-order valence-corrected chi connectivity index (χ0v) is 10.9. The highest BCUT2D eigenvalue weighted by Gasteiger charge is 2.12. The third-order valence-corrected chi connectivity index (χ3v) is 3.24. The molecule has 0 saturated heterocycles. The highest BCUT2D eigenvalue weighted by molar-refractivity contribution is 6.30. The number of aromatic amines is 1. The standard InChI is InChI=1S/C14H9ClN2O3/c15-9-2-4-10(5-3-9)17-12(18)6-1-8-7-11(14(19)20)16-13(8)17/h1-7,16H,(H,19,20). The largest absolute Gasteiger partial charge is 0.477 e. The van der Waals surface area contributed by atoms with Crippen LogP contribution in [0.15, 0.2) is 47.3 Å². The second kappa shape index (κ2) is 4.54. The van der Waals surface area contributed by atoms with E-state index in [0.717, 1.165) is 0 Å². The van der Waals surface area contributed by atoms with Crippen molar-refractivity contribution in [2.75, 3.05) is 0 Å². The molecule has 0 saturated carbocycles. The fourth-order valence-corrected chi connectivity index (χ4v) is 2.21. The molecule has 0 fully saturated rings. The summed E-state index contributed by atoms with van der Waals surface area (Å²) < 4.78 is 1.41. The van der Waals surface area contributed by atoms with E-state index in [0.29, 0.717) is 21.7 Å². The maximum Gasteiger partial charge on any atom is 0.352 e. The summed E-state index contributed by atoms with van der Waals surface area (Å²) in [7, 11) is 0. The molecule has 2 heterocycles. The van der Waals surface area contributed by atoms with Gasteiger partial charge in [-0.05, 0) is 36.4 Å². The van der Waals surface area contributed by atoms with E-state index >= 15 is 0 Å². The van der Waals surface area contributed by atoms with Crippen molar-refractivity contribution in [3.05, 3.63) is 63.5 Å². The number of benzene rings is 1. The SMILES string of the molecule is O=C(O)c1cc2ccc(=O)n(-c3ccc(Cl)cc3)c2[nH]1. The topological polar surface area (TPSA) is 75.1 Å². The lowest BCUT2D eigenvalue weighted by atomic mass is 10.2. The molecule has 0 amide bonds. The number of nitrogens with one attached hydrogen (secondary N) is 1. The van der Waals surface area contributed by atoms with Gasteiger partial charge in [-0.1, -0.05) is 11.6 Å². The maximum absolute atomic E-state index is 12.1. The molecule has 1 aromatic carbocycles. The number of carboxylic acid groups (broad SMARTS) is 1. The number of fused-ring (bicyclic) bond motifs is 1. The van der Waals surface area contributed by atoms with Gasteiger partial charge < -0.3 is 10.1 Å². The van der Waals surface area contributed by atoms with Gasteiger partial charge in [0.1, 0.15) is 11.3 Å². The summed E-state index contributed by atoms with van der Waals surface area (Å²) in [6.07, 6.45) is 0. The van der Waals surface area contributed by atoms with Crippen molar-refractivity contribution in [2.24, 2.45) is 0 Å². The molecule has 0 radical (unpaired) electrons. The molecule has 0 aliphatic rings. The van der Waals surface area contributed by atoms with Crippen LogP contribution in [0.3, 0.4) is 0 Å². The molecule has 100 valence electrons. The molecule has 2 aromatic heterocycles. The van der Waals surface area contributed by atoms with Gasteiger partial charge in [-0.25, -0.2) is 4.79 Å². The van der Waals surface area contributed by atoms with Gasteiger partial charge in [0.25, 0.3) is 5.56 Å². The Balaban J connectivity index is 2.33. The second-order valence-electron chi connectivity index (χ2n) is 4.28. The number of carbonyl (C=O) groups is 1. The highest BCUT2D eigenvalue weighted by atomic mass is 35.5. The summed E-state index contributed by atoms with van der Waals surface area (Å²) in [5.74, 6) is -1.07. The van der Waals surface area contributed by atoms with Gasteiger partial charge in [-0.3, -0.25) is 9.36 Å². The Morgan fingerprint density at radius 3 is 2.50 bits per heavy atom. The van der Waals surface area contributed by atoms with Crippen molar-refractivity contribution >= 4 is 28.6 Å². The van der Waals surface area contributed by atoms with E-state index in [-0.39, 0.29) is 11.3 Å². The lowest BCUT2D eigenvalue weighted by molar-refractivity contribution is 0.0691. The maximum atomic E-state index is 12.1. The van der Waals surface area contributed by atoms with Crippen LogP contribution < -0.4 is 5.56 Å². The second-order valence-corrected chi connectivity index (χ2v) is 4.71. The van der Waals surface area contributed by atoms with Crippen LogP contribution in [0.2, 0.25) is 5.02 Å². The first-order valence-corrected chi connectivity index (χ1v) is 6.18. The Hall–Kier alpha value is -2.53. The lowest BCUT2D eigenvalue weighted by Gasteiger charge is -2.07. The molecule has 0 bridgehead atoms. The number of pyridine rings is 1. The molecule has 20 heavy (non-hydrogen) atoms. The number of rotatable bonds is 2. The summed E-state index contributed by atoms with van der Waals surface area (Å²) in [6, 6.07) is 11.2. The van der Waals surface area contributed by atoms with Crippen LogP contribution in [0.4, 0.5) is 0 Å². The summed E-state index contributed by atoms with van der Waals surface area (Å²) in [5.41, 5.74) is 0.841. The third kappa shape index (κ3) is 1.98. The summed E-state index contributed by atoms with van der Waals surface area (Å²) >= 11 is 5.83. The smallest absolute Gasteiger partial charge is 0.352 e. The van der Waals surface area contributed by atoms with Crippen LogP contribution >= 0.6 is 11.6 Å². The number of carboxylic acids is 1. The minimum absolute atomic E-state index is 0.0355. The van der Waals surface area contributed by atoms with Gasteiger partial charge in [-0.2, -0.15) is 0 Å². The highest BCUT2D eigenvalue weighted by Crippen LogP contribution is 2.18. The van der Waals surface area contributed by atoms with E-state index in [2.05, 4.69) is 4.98 Å². The Morgan fingerprint density at radius 1 is 1.15 bits per heavy atom. The number of halogens is 1. The lowest BCUT2D eigenvalue weighted by Crippen LogP contribution is -2.17. The number of aromatic carboxylic acids is 1. The molecule has 0 aliphatic carbocycles. The summed E-state index contributed by atoms with van der Waals surface area (Å²) in [6.45, 7) is 0. The quantitative estimate of drug-likeness (QED) is 0.761. The summed E-state index contributed by atoms with van der Waals surface area (Å²) in [5, 5.41) is 10.2. The molecule has 5 nitrogen and oxygen atoms in total. The normalized spacial score (nSPS) is 10.8. The molecule has 0 spiro atoms. The van der Waals surface area contributed by atoms with Gasteiger partial charge >= 0.3 is 5.97 Å². The van der Waals surface area contributed by atoms with Crippen molar-refractivity contribution in [2.45, 2.75) is 0 Å². The van der Waals surface area contributed by atoms with E-state index in [1.807, 2.05) is 0 Å². The number of aromatic nitrogens is 2. The van der Waals surface area contributed by atoms with Crippen molar-refractivity contribution in [3.63, 3.8) is 0 Å². The third-order valence-electron chi connectivity index (χ3n) is 2.99. The van der Waals surface area contributed by atoms with Crippen LogP contribution in [0.25, 0.3) is 16.7 Å². The van der Waals surface area contributed by atoms with E-state index in [9.17, 15) is 9.59 Å². The van der Waals surface area contributed by atoms with Gasteiger partial charge in [0.2, 0.25) is 0 Å². The van der Waals surface area contributed by atoms with Gasteiger partial charge in [0.05, 0.1) is 5.69 Å². The first-order valence-electron chi connectivity index (χ1n) is 5.80. The van der Waals surface area contributed by atoms with Crippen molar-refractivity contribution in [1.29, 1.82) is 0 Å². The van der Waals surface area contributed by atoms with Crippen LogP contribution in [0, 0.1) is 0 Å². The van der Waals surface area contributed by atoms with Crippen LogP contribution in [-0.2, 0) is 0 Å².